The Labute approximate surface area is 99.5 Å². The monoisotopic (exact) mass is 274 g/mol. The summed E-state index contributed by atoms with van der Waals surface area (Å²) in [6.45, 7) is 0. The van der Waals surface area contributed by atoms with Gasteiger partial charge in [-0.05, 0) is 31.1 Å². The van der Waals surface area contributed by atoms with Crippen molar-refractivity contribution in [3.63, 3.8) is 0 Å². The molecule has 0 radical (unpaired) electrons. The quantitative estimate of drug-likeness (QED) is 0.604. The third-order valence-corrected chi connectivity index (χ3v) is 3.74. The van der Waals surface area contributed by atoms with Gasteiger partial charge in [-0.2, -0.15) is 26.3 Å². The van der Waals surface area contributed by atoms with Gasteiger partial charge in [-0.15, -0.1) is 0 Å². The van der Waals surface area contributed by atoms with Gasteiger partial charge < -0.3 is 5.11 Å². The van der Waals surface area contributed by atoms with Crippen molar-refractivity contribution in [2.45, 2.75) is 37.7 Å². The van der Waals surface area contributed by atoms with E-state index in [1.807, 2.05) is 0 Å². The molecule has 0 aromatic rings. The van der Waals surface area contributed by atoms with Gasteiger partial charge >= 0.3 is 12.4 Å². The standard InChI is InChI=1S/C11H12F6O/c12-10(13,14)8(9(18)11(15,16)17)7-4-5-1-2-6(7)3-5/h4-6,8-9,18H,1-3H2. The summed E-state index contributed by atoms with van der Waals surface area (Å²) in [5.74, 6) is -3.33. The largest absolute Gasteiger partial charge is 0.415 e. The average Bonchev–Trinajstić information content (AvgIpc) is 2.75. The highest BCUT2D eigenvalue weighted by Gasteiger charge is 2.58. The molecule has 1 nitrogen and oxygen atoms in total. The second kappa shape index (κ2) is 4.15. The smallest absolute Gasteiger partial charge is 0.383 e. The molecule has 0 amide bonds. The van der Waals surface area contributed by atoms with E-state index in [0.29, 0.717) is 12.8 Å². The molecular weight excluding hydrogens is 262 g/mol. The molecule has 1 N–H and O–H groups in total. The Kier molecular flexibility index (Phi) is 3.16. The first-order chi connectivity index (χ1) is 8.10. The van der Waals surface area contributed by atoms with Crippen LogP contribution >= 0.6 is 0 Å². The Hall–Kier alpha value is -0.720. The van der Waals surface area contributed by atoms with Gasteiger partial charge in [-0.1, -0.05) is 11.6 Å². The molecule has 1 saturated carbocycles. The molecule has 2 rings (SSSR count). The first-order valence-electron chi connectivity index (χ1n) is 5.64. The van der Waals surface area contributed by atoms with Crippen LogP contribution in [-0.4, -0.2) is 23.6 Å². The fourth-order valence-electron chi connectivity index (χ4n) is 2.98. The molecule has 0 aromatic carbocycles. The topological polar surface area (TPSA) is 20.2 Å². The van der Waals surface area contributed by atoms with Crippen molar-refractivity contribution in [2.75, 3.05) is 0 Å². The number of hydrogen-bond acceptors (Lipinski definition) is 1. The number of allylic oxidation sites excluding steroid dienone is 1. The van der Waals surface area contributed by atoms with Crippen LogP contribution < -0.4 is 0 Å². The number of rotatable bonds is 2. The van der Waals surface area contributed by atoms with Crippen molar-refractivity contribution in [3.8, 4) is 0 Å². The summed E-state index contributed by atoms with van der Waals surface area (Å²) >= 11 is 0. The lowest BCUT2D eigenvalue weighted by atomic mass is 9.83. The van der Waals surface area contributed by atoms with Crippen LogP contribution in [0.3, 0.4) is 0 Å². The molecule has 4 unspecified atom stereocenters. The van der Waals surface area contributed by atoms with Crippen molar-refractivity contribution >= 4 is 0 Å². The van der Waals surface area contributed by atoms with E-state index >= 15 is 0 Å². The summed E-state index contributed by atoms with van der Waals surface area (Å²) < 4.78 is 75.4. The fourth-order valence-corrected chi connectivity index (χ4v) is 2.98. The number of aliphatic hydroxyl groups excluding tert-OH is 1. The Morgan fingerprint density at radius 2 is 1.67 bits per heavy atom. The summed E-state index contributed by atoms with van der Waals surface area (Å²) in [7, 11) is 0. The van der Waals surface area contributed by atoms with Crippen LogP contribution in [0.15, 0.2) is 11.6 Å². The lowest BCUT2D eigenvalue weighted by Gasteiger charge is -2.31. The second-order valence-corrected chi connectivity index (χ2v) is 4.94. The minimum atomic E-state index is -5.26. The first-order valence-corrected chi connectivity index (χ1v) is 5.64. The second-order valence-electron chi connectivity index (χ2n) is 4.94. The molecule has 18 heavy (non-hydrogen) atoms. The van der Waals surface area contributed by atoms with E-state index in [2.05, 4.69) is 0 Å². The summed E-state index contributed by atoms with van der Waals surface area (Å²) in [6, 6.07) is 0. The Morgan fingerprint density at radius 3 is 2.00 bits per heavy atom. The Bertz CT molecular complexity index is 356. The minimum Gasteiger partial charge on any atom is -0.383 e. The predicted octanol–water partition coefficient (Wildman–Crippen LogP) is 3.44. The maximum Gasteiger partial charge on any atom is 0.415 e. The van der Waals surface area contributed by atoms with Crippen LogP contribution in [0.4, 0.5) is 26.3 Å². The van der Waals surface area contributed by atoms with Crippen molar-refractivity contribution in [3.05, 3.63) is 11.6 Å². The molecule has 0 heterocycles. The molecule has 4 atom stereocenters. The van der Waals surface area contributed by atoms with Gasteiger partial charge in [0, 0.05) is 0 Å². The van der Waals surface area contributed by atoms with Crippen LogP contribution in [0.25, 0.3) is 0 Å². The molecule has 0 spiro atoms. The molecule has 0 aliphatic heterocycles. The van der Waals surface area contributed by atoms with E-state index < -0.39 is 30.3 Å². The van der Waals surface area contributed by atoms with Crippen LogP contribution in [0.2, 0.25) is 0 Å². The van der Waals surface area contributed by atoms with E-state index in [0.717, 1.165) is 6.42 Å². The Morgan fingerprint density at radius 1 is 1.06 bits per heavy atom. The fraction of sp³-hybridized carbons (Fsp3) is 0.818. The molecule has 104 valence electrons. The van der Waals surface area contributed by atoms with Crippen LogP contribution in [0.1, 0.15) is 19.3 Å². The third-order valence-electron chi connectivity index (χ3n) is 3.74. The molecular formula is C11H12F6O. The summed E-state index contributed by atoms with van der Waals surface area (Å²) in [4.78, 5) is 0. The molecule has 1 fully saturated rings. The summed E-state index contributed by atoms with van der Waals surface area (Å²) in [6.07, 6.45) is -10.8. The molecule has 2 bridgehead atoms. The average molecular weight is 274 g/mol. The van der Waals surface area contributed by atoms with Crippen molar-refractivity contribution < 1.29 is 31.4 Å². The zero-order chi connectivity index (χ0) is 13.7. The van der Waals surface area contributed by atoms with Crippen LogP contribution in [0.5, 0.6) is 0 Å². The van der Waals surface area contributed by atoms with E-state index in [1.54, 1.807) is 0 Å². The Balaban J connectivity index is 2.30. The number of halogens is 6. The normalized spacial score (nSPS) is 31.4. The lowest BCUT2D eigenvalue weighted by Crippen LogP contribution is -2.45. The lowest BCUT2D eigenvalue weighted by molar-refractivity contribution is -0.267. The van der Waals surface area contributed by atoms with E-state index in [9.17, 15) is 26.3 Å². The van der Waals surface area contributed by atoms with Gasteiger partial charge in [0.2, 0.25) is 0 Å². The van der Waals surface area contributed by atoms with Crippen molar-refractivity contribution in [2.24, 2.45) is 17.8 Å². The maximum atomic E-state index is 12.8. The number of fused-ring (bicyclic) bond motifs is 2. The van der Waals surface area contributed by atoms with Gasteiger partial charge in [0.1, 0.15) is 5.92 Å². The van der Waals surface area contributed by atoms with Gasteiger partial charge in [0.25, 0.3) is 0 Å². The van der Waals surface area contributed by atoms with E-state index in [1.165, 1.54) is 6.08 Å². The maximum absolute atomic E-state index is 12.8. The number of hydrogen-bond donors (Lipinski definition) is 1. The van der Waals surface area contributed by atoms with Gasteiger partial charge in [0.05, 0.1) is 0 Å². The molecule has 0 aromatic heterocycles. The van der Waals surface area contributed by atoms with Crippen LogP contribution in [-0.2, 0) is 0 Å². The van der Waals surface area contributed by atoms with Crippen molar-refractivity contribution in [1.29, 1.82) is 0 Å². The van der Waals surface area contributed by atoms with E-state index in [-0.39, 0.29) is 11.5 Å². The van der Waals surface area contributed by atoms with Gasteiger partial charge in [-0.3, -0.25) is 0 Å². The number of aliphatic hydroxyl groups is 1. The summed E-state index contributed by atoms with van der Waals surface area (Å²) in [5, 5.41) is 8.98. The first kappa shape index (κ1) is 13.7. The van der Waals surface area contributed by atoms with Gasteiger partial charge in [-0.25, -0.2) is 0 Å². The predicted molar refractivity (Wildman–Crippen MR) is 50.5 cm³/mol. The molecule has 0 saturated heterocycles. The minimum absolute atomic E-state index is 0.0599. The number of alkyl halides is 6. The molecule has 2 aliphatic rings. The highest BCUT2D eigenvalue weighted by atomic mass is 19.4. The van der Waals surface area contributed by atoms with E-state index in [4.69, 9.17) is 5.11 Å². The highest BCUT2D eigenvalue weighted by molar-refractivity contribution is 5.25. The van der Waals surface area contributed by atoms with Crippen molar-refractivity contribution in [1.82, 2.24) is 0 Å². The SMILES string of the molecule is OC(C(C1=CC2CCC1C2)C(F)(F)F)C(F)(F)F. The zero-order valence-electron chi connectivity index (χ0n) is 9.22. The zero-order valence-corrected chi connectivity index (χ0v) is 9.22. The third kappa shape index (κ3) is 2.37. The highest BCUT2D eigenvalue weighted by Crippen LogP contribution is 2.52. The summed E-state index contributed by atoms with van der Waals surface area (Å²) in [5.41, 5.74) is -0.274. The molecule has 2 aliphatic carbocycles. The molecule has 7 heteroatoms. The van der Waals surface area contributed by atoms with Gasteiger partial charge in [0.15, 0.2) is 6.10 Å². The van der Waals surface area contributed by atoms with Crippen LogP contribution in [0, 0.1) is 17.8 Å².